The SMILES string of the molecule is COC(=O)c1ccc(CC(=O)Nc2cc(CC3SC(=O)NC3=O)ccc2O)cc1. The second kappa shape index (κ2) is 8.78. The molecule has 3 N–H and O–H groups in total. The molecule has 2 aromatic rings. The highest BCUT2D eigenvalue weighted by molar-refractivity contribution is 8.15. The number of carbonyl (C=O) groups excluding carboxylic acids is 4. The molecular weight excluding hydrogens is 396 g/mol. The Morgan fingerprint density at radius 3 is 2.45 bits per heavy atom. The van der Waals surface area contributed by atoms with Crippen molar-refractivity contribution in [1.29, 1.82) is 0 Å². The first kappa shape index (κ1) is 20.4. The first-order chi connectivity index (χ1) is 13.9. The molecule has 29 heavy (non-hydrogen) atoms. The van der Waals surface area contributed by atoms with Gasteiger partial charge in [-0.25, -0.2) is 4.79 Å². The second-order valence-corrected chi connectivity index (χ2v) is 7.53. The lowest BCUT2D eigenvalue weighted by Gasteiger charge is -2.11. The number of aromatic hydroxyl groups is 1. The first-order valence-corrected chi connectivity index (χ1v) is 9.54. The fourth-order valence-corrected chi connectivity index (χ4v) is 3.67. The van der Waals surface area contributed by atoms with Gasteiger partial charge in [-0.1, -0.05) is 30.0 Å². The van der Waals surface area contributed by atoms with Crippen LogP contribution in [0.3, 0.4) is 0 Å². The molecule has 3 rings (SSSR count). The number of nitrogens with one attached hydrogen (secondary N) is 2. The van der Waals surface area contributed by atoms with E-state index >= 15 is 0 Å². The van der Waals surface area contributed by atoms with Crippen LogP contribution in [0.5, 0.6) is 5.75 Å². The van der Waals surface area contributed by atoms with Crippen LogP contribution in [0.25, 0.3) is 0 Å². The number of carbonyl (C=O) groups is 4. The third kappa shape index (κ3) is 5.14. The molecule has 150 valence electrons. The summed E-state index contributed by atoms with van der Waals surface area (Å²) in [6, 6.07) is 11.1. The van der Waals surface area contributed by atoms with Crippen LogP contribution in [0.1, 0.15) is 21.5 Å². The Bertz CT molecular complexity index is 973. The zero-order chi connectivity index (χ0) is 21.0. The zero-order valence-corrected chi connectivity index (χ0v) is 16.2. The van der Waals surface area contributed by atoms with Gasteiger partial charge in [0.25, 0.3) is 5.24 Å². The van der Waals surface area contributed by atoms with Crippen molar-refractivity contribution in [3.8, 4) is 5.75 Å². The number of thioether (sulfide) groups is 1. The van der Waals surface area contributed by atoms with E-state index in [2.05, 4.69) is 15.4 Å². The third-order valence-corrected chi connectivity index (χ3v) is 5.24. The molecule has 1 saturated heterocycles. The van der Waals surface area contributed by atoms with Crippen molar-refractivity contribution in [2.75, 3.05) is 12.4 Å². The van der Waals surface area contributed by atoms with Gasteiger partial charge in [0.1, 0.15) is 5.75 Å². The number of hydrogen-bond acceptors (Lipinski definition) is 7. The van der Waals surface area contributed by atoms with E-state index in [4.69, 9.17) is 0 Å². The van der Waals surface area contributed by atoms with Crippen molar-refractivity contribution < 1.29 is 29.0 Å². The lowest BCUT2D eigenvalue weighted by Crippen LogP contribution is -2.25. The molecular formula is C20H18N2O6S. The van der Waals surface area contributed by atoms with Gasteiger partial charge in [0.2, 0.25) is 11.8 Å². The summed E-state index contributed by atoms with van der Waals surface area (Å²) in [6.07, 6.45) is 0.334. The predicted octanol–water partition coefficient (Wildman–Crippen LogP) is 2.25. The molecule has 0 radical (unpaired) electrons. The Kier molecular flexibility index (Phi) is 6.18. The average molecular weight is 414 g/mol. The van der Waals surface area contributed by atoms with Crippen molar-refractivity contribution in [3.05, 3.63) is 59.2 Å². The number of anilines is 1. The number of amides is 3. The van der Waals surface area contributed by atoms with Crippen molar-refractivity contribution in [1.82, 2.24) is 5.32 Å². The molecule has 1 heterocycles. The lowest BCUT2D eigenvalue weighted by molar-refractivity contribution is -0.119. The van der Waals surface area contributed by atoms with Crippen LogP contribution in [0.2, 0.25) is 0 Å². The van der Waals surface area contributed by atoms with Crippen LogP contribution < -0.4 is 10.6 Å². The van der Waals surface area contributed by atoms with Crippen LogP contribution in [-0.2, 0) is 27.2 Å². The Morgan fingerprint density at radius 1 is 1.14 bits per heavy atom. The molecule has 0 aliphatic carbocycles. The van der Waals surface area contributed by atoms with Gasteiger partial charge in [-0.15, -0.1) is 0 Å². The summed E-state index contributed by atoms with van der Waals surface area (Å²) in [5.41, 5.74) is 1.98. The summed E-state index contributed by atoms with van der Waals surface area (Å²) in [4.78, 5) is 46.8. The molecule has 0 saturated carbocycles. The van der Waals surface area contributed by atoms with E-state index in [0.717, 1.165) is 11.8 Å². The number of phenols is 1. The van der Waals surface area contributed by atoms with Gasteiger partial charge in [0, 0.05) is 0 Å². The summed E-state index contributed by atoms with van der Waals surface area (Å²) < 4.78 is 4.63. The number of hydrogen-bond donors (Lipinski definition) is 3. The number of rotatable bonds is 6. The Labute approximate surface area is 170 Å². The van der Waals surface area contributed by atoms with Crippen molar-refractivity contribution in [2.24, 2.45) is 0 Å². The van der Waals surface area contributed by atoms with Crippen LogP contribution in [0, 0.1) is 0 Å². The zero-order valence-electron chi connectivity index (χ0n) is 15.4. The molecule has 1 atom stereocenters. The lowest BCUT2D eigenvalue weighted by atomic mass is 10.1. The molecule has 0 spiro atoms. The first-order valence-electron chi connectivity index (χ1n) is 8.66. The molecule has 8 nitrogen and oxygen atoms in total. The summed E-state index contributed by atoms with van der Waals surface area (Å²) in [6.45, 7) is 0. The number of imide groups is 1. The fourth-order valence-electron chi connectivity index (χ4n) is 2.81. The van der Waals surface area contributed by atoms with Gasteiger partial charge in [0.15, 0.2) is 0 Å². The number of phenolic OH excluding ortho intramolecular Hbond substituents is 1. The predicted molar refractivity (Wildman–Crippen MR) is 107 cm³/mol. The molecule has 0 aromatic heterocycles. The Balaban J connectivity index is 1.64. The summed E-state index contributed by atoms with van der Waals surface area (Å²) >= 11 is 0.917. The standard InChI is InChI=1S/C20H18N2O6S/c1-28-19(26)13-5-2-11(3-6-13)10-17(24)21-14-8-12(4-7-15(14)23)9-16-18(25)22-20(27)29-16/h2-8,16,23H,9-10H2,1H3,(H,21,24)(H,22,25,27). The molecule has 1 aliphatic rings. The third-order valence-electron chi connectivity index (χ3n) is 4.26. The number of esters is 1. The molecule has 9 heteroatoms. The summed E-state index contributed by atoms with van der Waals surface area (Å²) in [5.74, 6) is -1.28. The molecule has 2 aromatic carbocycles. The smallest absolute Gasteiger partial charge is 0.337 e. The van der Waals surface area contributed by atoms with Gasteiger partial charge in [-0.3, -0.25) is 19.7 Å². The Hall–Kier alpha value is -3.33. The quantitative estimate of drug-likeness (QED) is 0.489. The van der Waals surface area contributed by atoms with Crippen molar-refractivity contribution >= 4 is 40.5 Å². The minimum absolute atomic E-state index is 0.0422. The summed E-state index contributed by atoms with van der Waals surface area (Å²) in [7, 11) is 1.29. The van der Waals surface area contributed by atoms with Crippen molar-refractivity contribution in [3.63, 3.8) is 0 Å². The van der Waals surface area contributed by atoms with E-state index in [9.17, 15) is 24.3 Å². The molecule has 3 amide bonds. The normalized spacial score (nSPS) is 15.7. The van der Waals surface area contributed by atoms with E-state index in [-0.39, 0.29) is 34.9 Å². The number of benzene rings is 2. The highest BCUT2D eigenvalue weighted by Crippen LogP contribution is 2.28. The van der Waals surface area contributed by atoms with Crippen LogP contribution >= 0.6 is 11.8 Å². The largest absolute Gasteiger partial charge is 0.506 e. The van der Waals surface area contributed by atoms with E-state index in [1.165, 1.54) is 13.2 Å². The maximum atomic E-state index is 12.3. The highest BCUT2D eigenvalue weighted by Gasteiger charge is 2.31. The van der Waals surface area contributed by atoms with Gasteiger partial charge in [-0.05, 0) is 41.8 Å². The van der Waals surface area contributed by atoms with Crippen LogP contribution in [0.15, 0.2) is 42.5 Å². The van der Waals surface area contributed by atoms with Crippen molar-refractivity contribution in [2.45, 2.75) is 18.1 Å². The molecule has 1 aliphatic heterocycles. The van der Waals surface area contributed by atoms with Crippen LogP contribution in [-0.4, -0.2) is 40.5 Å². The molecule has 0 bridgehead atoms. The minimum atomic E-state index is -0.538. The van der Waals surface area contributed by atoms with Crippen LogP contribution in [0.4, 0.5) is 10.5 Å². The second-order valence-electron chi connectivity index (χ2n) is 6.35. The topological polar surface area (TPSA) is 122 Å². The maximum absolute atomic E-state index is 12.3. The Morgan fingerprint density at radius 2 is 1.83 bits per heavy atom. The maximum Gasteiger partial charge on any atom is 0.337 e. The highest BCUT2D eigenvalue weighted by atomic mass is 32.2. The van der Waals surface area contributed by atoms with Gasteiger partial charge in [-0.2, -0.15) is 0 Å². The molecule has 1 unspecified atom stereocenters. The van der Waals surface area contributed by atoms with Gasteiger partial charge in [0.05, 0.1) is 30.0 Å². The summed E-state index contributed by atoms with van der Waals surface area (Å²) in [5, 5.41) is 14.0. The fraction of sp³-hybridized carbons (Fsp3) is 0.200. The van der Waals surface area contributed by atoms with E-state index in [1.54, 1.807) is 36.4 Å². The number of methoxy groups -OCH3 is 1. The monoisotopic (exact) mass is 414 g/mol. The van der Waals surface area contributed by atoms with Gasteiger partial charge >= 0.3 is 5.97 Å². The number of ether oxygens (including phenoxy) is 1. The van der Waals surface area contributed by atoms with Gasteiger partial charge < -0.3 is 15.2 Å². The van der Waals surface area contributed by atoms with E-state index < -0.39 is 11.2 Å². The van der Waals surface area contributed by atoms with E-state index in [0.29, 0.717) is 23.1 Å². The average Bonchev–Trinajstić information content (AvgIpc) is 3.01. The minimum Gasteiger partial charge on any atom is -0.506 e. The van der Waals surface area contributed by atoms with E-state index in [1.807, 2.05) is 0 Å². The molecule has 1 fully saturated rings.